The number of unbranched alkanes of at least 4 members (excludes halogenated alkanes) is 4. The zero-order valence-electron chi connectivity index (χ0n) is 48.3. The van der Waals surface area contributed by atoms with Crippen LogP contribution in [0.4, 0.5) is 0 Å². The van der Waals surface area contributed by atoms with E-state index in [1.54, 1.807) is 65.0 Å². The number of benzene rings is 2. The second-order valence-corrected chi connectivity index (χ2v) is 21.6. The van der Waals surface area contributed by atoms with E-state index in [4.69, 9.17) is 14.2 Å². The van der Waals surface area contributed by atoms with Crippen LogP contribution in [-0.4, -0.2) is 167 Å². The van der Waals surface area contributed by atoms with Crippen molar-refractivity contribution in [3.63, 3.8) is 0 Å². The third-order valence-corrected chi connectivity index (χ3v) is 14.8. The number of hydrogen-bond donors (Lipinski definition) is 10. The molecule has 0 aromatic heterocycles. The van der Waals surface area contributed by atoms with Gasteiger partial charge in [0.25, 0.3) is 0 Å². The van der Waals surface area contributed by atoms with Gasteiger partial charge in [-0.3, -0.25) is 38.4 Å². The minimum Gasteiger partial charge on any atom is -0.487 e. The second-order valence-electron chi connectivity index (χ2n) is 21.6. The highest BCUT2D eigenvalue weighted by Gasteiger charge is 2.42. The van der Waals surface area contributed by atoms with Crippen molar-refractivity contribution in [2.75, 3.05) is 33.3 Å². The Morgan fingerprint density at radius 3 is 2.06 bits per heavy atom. The molecule has 81 heavy (non-hydrogen) atoms. The number of likely N-dealkylation sites (N-methyl/N-ethyl adjacent to an activating group) is 1. The largest absolute Gasteiger partial charge is 0.487 e. The van der Waals surface area contributed by atoms with E-state index in [1.165, 1.54) is 58.2 Å². The van der Waals surface area contributed by atoms with Crippen LogP contribution in [0.5, 0.6) is 5.75 Å². The first-order valence-electron chi connectivity index (χ1n) is 28.0. The van der Waals surface area contributed by atoms with E-state index >= 15 is 4.79 Å². The summed E-state index contributed by atoms with van der Waals surface area (Å²) in [6, 6.07) is 4.32. The SMILES string of the molecule is CCCCCCCNC[C@@]1(O)/C=C/C(=O)NCC(=O)OC[C@@H]2NC(=O)[C@@H]([C@@H](C)O)NC(=O)[C@H](Cc3ccccc3)N(C)C(=O)[C@@H](NC(=O)[C@@H]([C@@H](C)CC)NC(=O)[C@@H](NC(=O)[C@H](C)[C@H](O)C(C)C)[C@@H](C)OC2=O)c2ccc(cc2)O[C@@H]1C. The van der Waals surface area contributed by atoms with Crippen molar-refractivity contribution in [1.29, 1.82) is 0 Å². The molecule has 23 nitrogen and oxygen atoms in total. The summed E-state index contributed by atoms with van der Waals surface area (Å²) in [5.41, 5.74) is -1.12. The Kier molecular flexibility index (Phi) is 26.2. The number of carbonyl (C=O) groups is 9. The van der Waals surface area contributed by atoms with Crippen molar-refractivity contribution >= 4 is 53.3 Å². The zero-order valence-corrected chi connectivity index (χ0v) is 48.3. The van der Waals surface area contributed by atoms with Crippen LogP contribution in [0.2, 0.25) is 0 Å². The van der Waals surface area contributed by atoms with Gasteiger partial charge in [0.15, 0.2) is 6.04 Å². The number of carbonyl (C=O) groups excluding carboxylic acids is 9. The summed E-state index contributed by atoms with van der Waals surface area (Å²) in [5, 5.41) is 52.6. The first-order valence-corrected chi connectivity index (χ1v) is 28.0. The number of nitrogens with one attached hydrogen (secondary N) is 7. The molecule has 13 atom stereocenters. The van der Waals surface area contributed by atoms with E-state index in [0.717, 1.165) is 43.1 Å². The van der Waals surface area contributed by atoms with Gasteiger partial charge in [0, 0.05) is 26.1 Å². The lowest BCUT2D eigenvalue weighted by Crippen LogP contribution is -2.61. The molecular weight excluding hydrogens is 1050 g/mol. The van der Waals surface area contributed by atoms with Crippen LogP contribution in [0, 0.1) is 17.8 Å². The maximum absolute atomic E-state index is 15.3. The van der Waals surface area contributed by atoms with Crippen molar-refractivity contribution in [3.05, 3.63) is 77.9 Å². The number of hydrogen-bond acceptors (Lipinski definition) is 16. The molecule has 0 unspecified atom stereocenters. The molecule has 3 aliphatic rings. The number of aliphatic hydroxyl groups excluding tert-OH is 2. The number of esters is 2. The van der Waals surface area contributed by atoms with Gasteiger partial charge in [0.05, 0.1) is 18.1 Å². The molecule has 3 aliphatic heterocycles. The summed E-state index contributed by atoms with van der Waals surface area (Å²) >= 11 is 0. The van der Waals surface area contributed by atoms with Crippen LogP contribution in [-0.2, 0) is 59.0 Å². The molecule has 448 valence electrons. The Morgan fingerprint density at radius 2 is 1.43 bits per heavy atom. The minimum absolute atomic E-state index is 0.0718. The topological polar surface area (TPSA) is 329 Å². The standard InChI is InChI=1S/C58H86N8O15/c1-11-13-14-15-19-28-59-32-58(78)27-26-44(68)60-30-45(69)79-31-42-57(77)80-37(8)48(64-51(71)35(6)50(70)33(3)4)55(75)62-46(34(5)12-2)53(73)65-49(40-22-24-41(25-23-40)81-38(58)9)56(76)66(10)43(29-39-20-17-16-18-21-39)52(72)63-47(36(7)67)54(74)61-42/h16-18,20-27,33-38,42-43,46-50,59,67,70,78H,11-15,19,28-32H2,1-10H3,(H,60,68)(H,61,74)(H,62,75)(H,63,72)(H,64,71)(H,65,73)/b27-26+/t34-,35+,36+,37+,38+,42-,43-,46+,47+,48-,49-,50+,58-/m0/s1. The third kappa shape index (κ3) is 19.6. The maximum atomic E-state index is 15.3. The van der Waals surface area contributed by atoms with E-state index in [-0.39, 0.29) is 30.7 Å². The molecule has 0 radical (unpaired) electrons. The molecular formula is C58H86N8O15. The Balaban J connectivity index is 1.99. The molecule has 5 rings (SSSR count). The smallest absolute Gasteiger partial charge is 0.332 e. The molecule has 7 amide bonds. The van der Waals surface area contributed by atoms with Crippen molar-refractivity contribution in [1.82, 2.24) is 42.1 Å². The van der Waals surface area contributed by atoms with Gasteiger partial charge < -0.3 is 71.6 Å². The van der Waals surface area contributed by atoms with Crippen LogP contribution in [0.1, 0.15) is 118 Å². The van der Waals surface area contributed by atoms with Gasteiger partial charge in [-0.05, 0) is 74.9 Å². The number of ether oxygens (including phenoxy) is 3. The molecule has 1 fully saturated rings. The van der Waals surface area contributed by atoms with Gasteiger partial charge in [-0.1, -0.05) is 116 Å². The van der Waals surface area contributed by atoms with Crippen molar-refractivity contribution in [2.24, 2.45) is 17.8 Å². The van der Waals surface area contributed by atoms with Gasteiger partial charge in [-0.2, -0.15) is 0 Å². The predicted octanol–water partition coefficient (Wildman–Crippen LogP) is 1.17. The third-order valence-electron chi connectivity index (χ3n) is 14.8. The van der Waals surface area contributed by atoms with E-state index < -0.39 is 150 Å². The minimum atomic E-state index is -1.97. The molecule has 0 saturated carbocycles. The normalized spacial score (nSPS) is 27.1. The zero-order chi connectivity index (χ0) is 60.1. The highest BCUT2D eigenvalue weighted by atomic mass is 16.6. The van der Waals surface area contributed by atoms with Crippen LogP contribution in [0.3, 0.4) is 0 Å². The summed E-state index contributed by atoms with van der Waals surface area (Å²) in [6.45, 7) is 13.0. The second kappa shape index (κ2) is 31.9. The number of rotatable bonds is 17. The summed E-state index contributed by atoms with van der Waals surface area (Å²) in [7, 11) is 1.31. The van der Waals surface area contributed by atoms with Crippen LogP contribution >= 0.6 is 0 Å². The fourth-order valence-electron chi connectivity index (χ4n) is 9.09. The average molecular weight is 1140 g/mol. The quantitative estimate of drug-likeness (QED) is 0.0785. The Morgan fingerprint density at radius 1 is 0.790 bits per heavy atom. The Labute approximate surface area is 474 Å². The first-order chi connectivity index (χ1) is 38.3. The molecule has 0 aliphatic carbocycles. The van der Waals surface area contributed by atoms with E-state index in [9.17, 15) is 53.7 Å². The Bertz CT molecular complexity index is 2480. The summed E-state index contributed by atoms with van der Waals surface area (Å²) in [6.07, 6.45) is 1.73. The maximum Gasteiger partial charge on any atom is 0.332 e. The van der Waals surface area contributed by atoms with Gasteiger partial charge in [-0.25, -0.2) is 4.79 Å². The van der Waals surface area contributed by atoms with Crippen LogP contribution in [0.25, 0.3) is 0 Å². The first kappa shape index (κ1) is 66.6. The van der Waals surface area contributed by atoms with E-state index in [2.05, 4.69) is 44.1 Å². The number of cyclic esters (lactones) is 1. The van der Waals surface area contributed by atoms with Gasteiger partial charge in [0.2, 0.25) is 41.4 Å². The van der Waals surface area contributed by atoms with Crippen molar-refractivity contribution < 1.29 is 72.7 Å². The molecule has 2 aromatic rings. The summed E-state index contributed by atoms with van der Waals surface area (Å²) in [4.78, 5) is 130. The molecule has 3 heterocycles. The molecule has 0 spiro atoms. The summed E-state index contributed by atoms with van der Waals surface area (Å²) < 4.78 is 17.4. The highest BCUT2D eigenvalue weighted by Crippen LogP contribution is 2.26. The van der Waals surface area contributed by atoms with E-state index in [1.807, 2.05) is 0 Å². The molecule has 2 aromatic carbocycles. The lowest BCUT2D eigenvalue weighted by Gasteiger charge is -2.34. The predicted molar refractivity (Wildman–Crippen MR) is 298 cm³/mol. The summed E-state index contributed by atoms with van der Waals surface area (Å²) in [5.74, 6) is -11.1. The monoisotopic (exact) mass is 1130 g/mol. The number of nitrogens with zero attached hydrogens (tertiary/aromatic N) is 1. The number of aliphatic hydroxyl groups is 3. The van der Waals surface area contributed by atoms with Gasteiger partial charge >= 0.3 is 11.9 Å². The average Bonchev–Trinajstić information content (AvgIpc) is 3.44. The van der Waals surface area contributed by atoms with Crippen LogP contribution < -0.4 is 42.0 Å². The van der Waals surface area contributed by atoms with E-state index in [0.29, 0.717) is 12.1 Å². The lowest BCUT2D eigenvalue weighted by atomic mass is 9.93. The van der Waals surface area contributed by atoms with Crippen LogP contribution in [0.15, 0.2) is 66.7 Å². The fourth-order valence-corrected chi connectivity index (χ4v) is 9.09. The number of fused-ring (bicyclic) bond motifs is 11. The molecule has 4 bridgehead atoms. The van der Waals surface area contributed by atoms with Gasteiger partial charge in [0.1, 0.15) is 66.9 Å². The fraction of sp³-hybridized carbons (Fsp3) is 0.603. The molecule has 1 saturated heterocycles. The Hall–Kier alpha value is -6.95. The molecule has 23 heteroatoms. The number of amides is 7. The van der Waals surface area contributed by atoms with Gasteiger partial charge in [-0.15, -0.1) is 0 Å². The highest BCUT2D eigenvalue weighted by molar-refractivity contribution is 5.98. The van der Waals surface area contributed by atoms with Crippen molar-refractivity contribution in [3.8, 4) is 5.75 Å². The molecule has 10 N–H and O–H groups in total. The lowest BCUT2D eigenvalue weighted by molar-refractivity contribution is -0.160. The van der Waals surface area contributed by atoms with Crippen molar-refractivity contribution in [2.45, 2.75) is 174 Å².